The number of hydrogen-bond acceptors (Lipinski definition) is 4. The Morgan fingerprint density at radius 2 is 2.27 bits per heavy atom. The zero-order valence-corrected chi connectivity index (χ0v) is 11.2. The lowest BCUT2D eigenvalue weighted by Gasteiger charge is -2.24. The normalized spacial score (nSPS) is 27.5. The Morgan fingerprint density at radius 1 is 1.53 bits per heavy atom. The van der Waals surface area contributed by atoms with Gasteiger partial charge in [0.1, 0.15) is 0 Å². The molecule has 0 aliphatic carbocycles. The third-order valence-electron chi connectivity index (χ3n) is 2.67. The van der Waals surface area contributed by atoms with Crippen LogP contribution >= 0.6 is 11.8 Å². The smallest absolute Gasteiger partial charge is 0.151 e. The van der Waals surface area contributed by atoms with Crippen LogP contribution in [0.2, 0.25) is 0 Å². The van der Waals surface area contributed by atoms with Crippen molar-refractivity contribution in [2.24, 2.45) is 5.92 Å². The van der Waals surface area contributed by atoms with Gasteiger partial charge in [0.2, 0.25) is 0 Å². The summed E-state index contributed by atoms with van der Waals surface area (Å²) in [6.45, 7) is 3.13. The minimum absolute atomic E-state index is 0.188. The molecule has 0 saturated carbocycles. The maximum atomic E-state index is 11.4. The van der Waals surface area contributed by atoms with Crippen LogP contribution in [0.25, 0.3) is 0 Å². The van der Waals surface area contributed by atoms with Crippen molar-refractivity contribution in [2.75, 3.05) is 30.1 Å². The highest BCUT2D eigenvalue weighted by Gasteiger charge is 2.24. The molecule has 90 valence electrons. The molecule has 1 fully saturated rings. The van der Waals surface area contributed by atoms with Gasteiger partial charge in [-0.25, -0.2) is 8.42 Å². The number of rotatable bonds is 5. The molecule has 0 spiro atoms. The minimum atomic E-state index is -2.76. The van der Waals surface area contributed by atoms with Crippen LogP contribution in [-0.2, 0) is 9.84 Å². The molecular formula is C10H21NO2S2. The summed E-state index contributed by atoms with van der Waals surface area (Å²) in [5, 5.41) is 3.37. The highest BCUT2D eigenvalue weighted by Crippen LogP contribution is 2.12. The van der Waals surface area contributed by atoms with Crippen molar-refractivity contribution in [3.63, 3.8) is 0 Å². The number of nitrogens with one attached hydrogen (secondary N) is 1. The molecule has 1 N–H and O–H groups in total. The van der Waals surface area contributed by atoms with Crippen LogP contribution in [0, 0.1) is 5.92 Å². The summed E-state index contributed by atoms with van der Waals surface area (Å²) in [5.74, 6) is 2.46. The van der Waals surface area contributed by atoms with E-state index in [1.165, 1.54) is 0 Å². The maximum Gasteiger partial charge on any atom is 0.151 e. The minimum Gasteiger partial charge on any atom is -0.313 e. The van der Waals surface area contributed by atoms with Gasteiger partial charge in [0.05, 0.1) is 11.5 Å². The average molecular weight is 251 g/mol. The first-order chi connectivity index (χ1) is 7.03. The molecule has 1 saturated heterocycles. The van der Waals surface area contributed by atoms with E-state index >= 15 is 0 Å². The van der Waals surface area contributed by atoms with Gasteiger partial charge in [0.15, 0.2) is 9.84 Å². The Labute approximate surface area is 97.3 Å². The second kappa shape index (κ2) is 6.11. The van der Waals surface area contributed by atoms with Gasteiger partial charge in [0, 0.05) is 6.04 Å². The summed E-state index contributed by atoms with van der Waals surface area (Å²) in [5.41, 5.74) is 0. The molecule has 0 bridgehead atoms. The monoisotopic (exact) mass is 251 g/mol. The first kappa shape index (κ1) is 13.3. The molecule has 1 aliphatic rings. The summed E-state index contributed by atoms with van der Waals surface area (Å²) in [6, 6.07) is 0.188. The van der Waals surface area contributed by atoms with E-state index in [1.54, 1.807) is 0 Å². The fourth-order valence-corrected chi connectivity index (χ4v) is 4.25. The van der Waals surface area contributed by atoms with Crippen molar-refractivity contribution >= 4 is 21.6 Å². The van der Waals surface area contributed by atoms with Gasteiger partial charge < -0.3 is 5.32 Å². The molecule has 0 aromatic carbocycles. The van der Waals surface area contributed by atoms with Gasteiger partial charge in [-0.1, -0.05) is 6.92 Å². The lowest BCUT2D eigenvalue weighted by molar-refractivity contribution is 0.448. The number of thioether (sulfide) groups is 1. The second-order valence-corrected chi connectivity index (χ2v) is 7.56. The molecule has 0 radical (unpaired) electrons. The molecular weight excluding hydrogens is 230 g/mol. The van der Waals surface area contributed by atoms with E-state index in [9.17, 15) is 8.42 Å². The van der Waals surface area contributed by atoms with E-state index in [0.717, 1.165) is 25.1 Å². The lowest BCUT2D eigenvalue weighted by atomic mass is 10.1. The van der Waals surface area contributed by atoms with E-state index in [-0.39, 0.29) is 6.04 Å². The molecule has 1 heterocycles. The van der Waals surface area contributed by atoms with E-state index in [1.807, 2.05) is 11.8 Å². The first-order valence-corrected chi connectivity index (χ1v) is 8.68. The van der Waals surface area contributed by atoms with Crippen molar-refractivity contribution in [3.05, 3.63) is 0 Å². The molecule has 0 aromatic heterocycles. The van der Waals surface area contributed by atoms with Gasteiger partial charge in [-0.05, 0) is 37.3 Å². The van der Waals surface area contributed by atoms with Gasteiger partial charge in [-0.3, -0.25) is 0 Å². The van der Waals surface area contributed by atoms with E-state index in [4.69, 9.17) is 0 Å². The highest BCUT2D eigenvalue weighted by molar-refractivity contribution is 7.98. The lowest BCUT2D eigenvalue weighted by Crippen LogP contribution is -2.42. The van der Waals surface area contributed by atoms with Crippen molar-refractivity contribution in [3.8, 4) is 0 Å². The molecule has 1 rings (SSSR count). The highest BCUT2D eigenvalue weighted by atomic mass is 32.2. The summed E-state index contributed by atoms with van der Waals surface area (Å²) in [4.78, 5) is 0. The third kappa shape index (κ3) is 5.22. The van der Waals surface area contributed by atoms with Gasteiger partial charge in [-0.2, -0.15) is 11.8 Å². The molecule has 0 amide bonds. The Kier molecular flexibility index (Phi) is 5.43. The average Bonchev–Trinajstić information content (AvgIpc) is 2.14. The molecule has 5 heteroatoms. The van der Waals surface area contributed by atoms with Crippen molar-refractivity contribution < 1.29 is 8.42 Å². The SMILES string of the molecule is CSCC(C)CNC1CCCS(=O)(=O)C1. The fourth-order valence-electron chi connectivity index (χ4n) is 1.90. The molecule has 2 unspecified atom stereocenters. The van der Waals surface area contributed by atoms with E-state index in [0.29, 0.717) is 17.4 Å². The van der Waals surface area contributed by atoms with Crippen LogP contribution in [0.3, 0.4) is 0 Å². The number of hydrogen-bond donors (Lipinski definition) is 1. The van der Waals surface area contributed by atoms with Crippen LogP contribution in [0.4, 0.5) is 0 Å². The first-order valence-electron chi connectivity index (χ1n) is 5.46. The van der Waals surface area contributed by atoms with Crippen molar-refractivity contribution in [1.82, 2.24) is 5.32 Å². The zero-order valence-electron chi connectivity index (χ0n) is 9.53. The van der Waals surface area contributed by atoms with Crippen LogP contribution in [0.1, 0.15) is 19.8 Å². The van der Waals surface area contributed by atoms with Gasteiger partial charge in [0.25, 0.3) is 0 Å². The van der Waals surface area contributed by atoms with Crippen molar-refractivity contribution in [2.45, 2.75) is 25.8 Å². The Balaban J connectivity index is 2.27. The van der Waals surface area contributed by atoms with E-state index < -0.39 is 9.84 Å². The second-order valence-electron chi connectivity index (χ2n) is 4.42. The zero-order chi connectivity index (χ0) is 11.3. The summed E-state index contributed by atoms with van der Waals surface area (Å²) >= 11 is 1.84. The molecule has 0 aromatic rings. The molecule has 2 atom stereocenters. The van der Waals surface area contributed by atoms with E-state index in [2.05, 4.69) is 18.5 Å². The van der Waals surface area contributed by atoms with Gasteiger partial charge in [-0.15, -0.1) is 0 Å². The predicted molar refractivity (Wildman–Crippen MR) is 67.2 cm³/mol. The number of sulfone groups is 1. The third-order valence-corrected chi connectivity index (χ3v) is 5.39. The maximum absolute atomic E-state index is 11.4. The fraction of sp³-hybridized carbons (Fsp3) is 1.00. The predicted octanol–water partition coefficient (Wildman–Crippen LogP) is 1.15. The standard InChI is InChI=1S/C10H21NO2S2/c1-9(7-14-2)6-11-10-4-3-5-15(12,13)8-10/h9-11H,3-8H2,1-2H3. The molecule has 3 nitrogen and oxygen atoms in total. The Morgan fingerprint density at radius 3 is 2.87 bits per heavy atom. The largest absolute Gasteiger partial charge is 0.313 e. The summed E-state index contributed by atoms with van der Waals surface area (Å²) in [6.07, 6.45) is 3.92. The van der Waals surface area contributed by atoms with Gasteiger partial charge >= 0.3 is 0 Å². The molecule has 15 heavy (non-hydrogen) atoms. The quantitative estimate of drug-likeness (QED) is 0.796. The summed E-state index contributed by atoms with van der Waals surface area (Å²) in [7, 11) is -2.76. The Bertz CT molecular complexity index is 277. The van der Waals surface area contributed by atoms with Crippen LogP contribution in [-0.4, -0.2) is 44.5 Å². The Hall–Kier alpha value is 0.260. The van der Waals surface area contributed by atoms with Crippen LogP contribution in [0.15, 0.2) is 0 Å². The topological polar surface area (TPSA) is 46.2 Å². The summed E-state index contributed by atoms with van der Waals surface area (Å²) < 4.78 is 22.8. The van der Waals surface area contributed by atoms with Crippen molar-refractivity contribution in [1.29, 1.82) is 0 Å². The van der Waals surface area contributed by atoms with Crippen LogP contribution < -0.4 is 5.32 Å². The molecule has 1 aliphatic heterocycles. The van der Waals surface area contributed by atoms with Crippen LogP contribution in [0.5, 0.6) is 0 Å².